The summed E-state index contributed by atoms with van der Waals surface area (Å²) in [6, 6.07) is 21.5. The Hall–Kier alpha value is -3.88. The number of amides is 3. The summed E-state index contributed by atoms with van der Waals surface area (Å²) in [5.41, 5.74) is 5.96. The van der Waals surface area contributed by atoms with Crippen LogP contribution in [0.3, 0.4) is 0 Å². The highest BCUT2D eigenvalue weighted by Crippen LogP contribution is 2.40. The molecule has 3 aromatic rings. The normalized spacial score (nSPS) is 17.4. The van der Waals surface area contributed by atoms with E-state index in [4.69, 9.17) is 0 Å². The minimum absolute atomic E-state index is 0.241. The summed E-state index contributed by atoms with van der Waals surface area (Å²) in [4.78, 5) is 41.9. The fourth-order valence-electron chi connectivity index (χ4n) is 5.43. The molecule has 0 aliphatic carbocycles. The number of hydrogen-bond donors (Lipinski definition) is 3. The van der Waals surface area contributed by atoms with Crippen LogP contribution in [0.1, 0.15) is 47.2 Å². The average molecular weight is 600 g/mol. The Kier molecular flexibility index (Phi) is 10.5. The van der Waals surface area contributed by atoms with Crippen molar-refractivity contribution in [3.05, 3.63) is 112 Å². The fourth-order valence-corrected chi connectivity index (χ4v) is 6.57. The van der Waals surface area contributed by atoms with Crippen molar-refractivity contribution in [3.8, 4) is 0 Å². The lowest BCUT2D eigenvalue weighted by Gasteiger charge is -2.33. The number of aliphatic hydroxyl groups excluding tert-OH is 1. The van der Waals surface area contributed by atoms with Gasteiger partial charge in [-0.3, -0.25) is 14.4 Å². The second kappa shape index (κ2) is 14.1. The number of carbonyl (C=O) groups excluding carboxylic acids is 3. The number of benzene rings is 3. The first-order valence-electron chi connectivity index (χ1n) is 14.5. The van der Waals surface area contributed by atoms with Gasteiger partial charge in [0.15, 0.2) is 6.10 Å². The van der Waals surface area contributed by atoms with Gasteiger partial charge in [0.05, 0.1) is 11.9 Å². The molecule has 7 nitrogen and oxygen atoms in total. The van der Waals surface area contributed by atoms with E-state index in [0.717, 1.165) is 33.4 Å². The molecule has 1 aliphatic heterocycles. The molecule has 226 valence electrons. The zero-order valence-electron chi connectivity index (χ0n) is 25.5. The smallest absolute Gasteiger partial charge is 0.254 e. The molecular formula is C35H41N3O4S. The molecule has 1 fully saturated rings. The lowest BCUT2D eigenvalue weighted by Crippen LogP contribution is -2.58. The van der Waals surface area contributed by atoms with Crippen LogP contribution < -0.4 is 10.6 Å². The van der Waals surface area contributed by atoms with Crippen LogP contribution in [-0.2, 0) is 27.3 Å². The summed E-state index contributed by atoms with van der Waals surface area (Å²) in [7, 11) is 0. The van der Waals surface area contributed by atoms with Crippen molar-refractivity contribution in [3.63, 3.8) is 0 Å². The van der Waals surface area contributed by atoms with Crippen molar-refractivity contribution < 1.29 is 19.5 Å². The molecule has 3 atom stereocenters. The fraction of sp³-hybridized carbons (Fsp3) is 0.343. The van der Waals surface area contributed by atoms with Gasteiger partial charge in [0.2, 0.25) is 11.8 Å². The monoisotopic (exact) mass is 599 g/mol. The van der Waals surface area contributed by atoms with Gasteiger partial charge in [-0.25, -0.2) is 0 Å². The second-order valence-electron chi connectivity index (χ2n) is 11.6. The standard InChI is InChI=1S/C35H41N3O4S/c1-23-12-9-10-17-27(23)21-36-33(41)32-35(4,5)43-22-38(32)34(42)31(40)29(20-26-15-7-6-8-16-26)37-30(39)19-18-28-24(2)13-11-14-25(28)3/h6-19,29,31-32,40H,20-22H2,1-5H3,(H,36,41)(H,37,39)/b19-18+/t29?,31-,32+/m0/s1. The van der Waals surface area contributed by atoms with Crippen LogP contribution in [0.15, 0.2) is 78.9 Å². The summed E-state index contributed by atoms with van der Waals surface area (Å²) < 4.78 is -0.572. The maximum Gasteiger partial charge on any atom is 0.254 e. The molecule has 3 N–H and O–H groups in total. The minimum Gasteiger partial charge on any atom is -0.381 e. The zero-order valence-corrected chi connectivity index (χ0v) is 26.3. The Labute approximate surface area is 258 Å². The van der Waals surface area contributed by atoms with Crippen LogP contribution in [0.2, 0.25) is 0 Å². The van der Waals surface area contributed by atoms with Gasteiger partial charge in [-0.1, -0.05) is 72.8 Å². The van der Waals surface area contributed by atoms with E-state index in [9.17, 15) is 19.5 Å². The number of aliphatic hydroxyl groups is 1. The number of nitrogens with one attached hydrogen (secondary N) is 2. The van der Waals surface area contributed by atoms with Gasteiger partial charge < -0.3 is 20.6 Å². The SMILES string of the molecule is Cc1ccccc1CNC(=O)[C@H]1N(C(=O)[C@@H](O)C(Cc2ccccc2)NC(=O)/C=C/c2c(C)cccc2C)CSC1(C)C. The Balaban J connectivity index is 1.53. The van der Waals surface area contributed by atoms with Crippen molar-refractivity contribution in [1.29, 1.82) is 0 Å². The quantitative estimate of drug-likeness (QED) is 0.293. The Morgan fingerprint density at radius 1 is 0.953 bits per heavy atom. The average Bonchev–Trinajstić information content (AvgIpc) is 3.30. The first kappa shape index (κ1) is 32.0. The maximum atomic E-state index is 13.9. The molecule has 0 spiro atoms. The van der Waals surface area contributed by atoms with Crippen LogP contribution in [0.4, 0.5) is 0 Å². The topological polar surface area (TPSA) is 98.7 Å². The number of carbonyl (C=O) groups is 3. The predicted octanol–water partition coefficient (Wildman–Crippen LogP) is 4.71. The van der Waals surface area contributed by atoms with E-state index >= 15 is 0 Å². The predicted molar refractivity (Wildman–Crippen MR) is 173 cm³/mol. The Morgan fingerprint density at radius 2 is 1.58 bits per heavy atom. The van der Waals surface area contributed by atoms with Gasteiger partial charge in [0.25, 0.3) is 5.91 Å². The molecule has 0 saturated carbocycles. The number of aryl methyl sites for hydroxylation is 3. The first-order chi connectivity index (χ1) is 20.5. The third-order valence-corrected chi connectivity index (χ3v) is 9.37. The van der Waals surface area contributed by atoms with Crippen LogP contribution in [0, 0.1) is 20.8 Å². The molecule has 1 unspecified atom stereocenters. The number of rotatable bonds is 10. The third kappa shape index (κ3) is 7.94. The summed E-state index contributed by atoms with van der Waals surface area (Å²) in [5.74, 6) is -1.03. The highest BCUT2D eigenvalue weighted by molar-refractivity contribution is 8.00. The highest BCUT2D eigenvalue weighted by Gasteiger charge is 2.49. The van der Waals surface area contributed by atoms with Gasteiger partial charge >= 0.3 is 0 Å². The van der Waals surface area contributed by atoms with E-state index in [1.807, 2.05) is 107 Å². The van der Waals surface area contributed by atoms with Crippen LogP contribution in [0.25, 0.3) is 6.08 Å². The third-order valence-electron chi connectivity index (χ3n) is 8.00. The summed E-state index contributed by atoms with van der Waals surface area (Å²) >= 11 is 1.49. The van der Waals surface area contributed by atoms with E-state index in [-0.39, 0.29) is 18.2 Å². The molecule has 8 heteroatoms. The summed E-state index contributed by atoms with van der Waals surface area (Å²) in [6.07, 6.45) is 1.87. The molecule has 0 aromatic heterocycles. The lowest BCUT2D eigenvalue weighted by molar-refractivity contribution is -0.147. The van der Waals surface area contributed by atoms with E-state index < -0.39 is 34.7 Å². The van der Waals surface area contributed by atoms with E-state index in [0.29, 0.717) is 6.54 Å². The van der Waals surface area contributed by atoms with Crippen molar-refractivity contribution >= 4 is 35.6 Å². The van der Waals surface area contributed by atoms with Crippen LogP contribution in [0.5, 0.6) is 0 Å². The molecule has 0 radical (unpaired) electrons. The van der Waals surface area contributed by atoms with Crippen LogP contribution in [-0.4, -0.2) is 56.5 Å². The summed E-state index contributed by atoms with van der Waals surface area (Å²) in [5, 5.41) is 17.3. The molecule has 1 heterocycles. The van der Waals surface area contributed by atoms with E-state index in [1.54, 1.807) is 6.08 Å². The number of nitrogens with zero attached hydrogens (tertiary/aromatic N) is 1. The second-order valence-corrected chi connectivity index (χ2v) is 13.2. The molecule has 0 bridgehead atoms. The Morgan fingerprint density at radius 3 is 2.26 bits per heavy atom. The molecule has 1 aliphatic rings. The van der Waals surface area contributed by atoms with Gasteiger partial charge in [0.1, 0.15) is 6.04 Å². The van der Waals surface area contributed by atoms with Gasteiger partial charge in [-0.05, 0) is 80.5 Å². The molecular weight excluding hydrogens is 558 g/mol. The van der Waals surface area contributed by atoms with Crippen LogP contribution >= 0.6 is 11.8 Å². The van der Waals surface area contributed by atoms with E-state index in [2.05, 4.69) is 10.6 Å². The zero-order chi connectivity index (χ0) is 31.1. The van der Waals surface area contributed by atoms with Crippen molar-refractivity contribution in [2.75, 3.05) is 5.88 Å². The minimum atomic E-state index is -1.56. The van der Waals surface area contributed by atoms with Crippen molar-refractivity contribution in [2.45, 2.75) is 70.5 Å². The molecule has 3 amide bonds. The molecule has 1 saturated heterocycles. The number of thioether (sulfide) groups is 1. The molecule has 43 heavy (non-hydrogen) atoms. The molecule has 4 rings (SSSR count). The lowest BCUT2D eigenvalue weighted by atomic mass is 9.97. The highest BCUT2D eigenvalue weighted by atomic mass is 32.2. The molecule has 3 aromatic carbocycles. The largest absolute Gasteiger partial charge is 0.381 e. The summed E-state index contributed by atoms with van der Waals surface area (Å²) in [6.45, 7) is 10.1. The maximum absolute atomic E-state index is 13.9. The van der Waals surface area contributed by atoms with Gasteiger partial charge in [0, 0.05) is 17.4 Å². The van der Waals surface area contributed by atoms with Gasteiger partial charge in [-0.2, -0.15) is 0 Å². The van der Waals surface area contributed by atoms with E-state index in [1.165, 1.54) is 22.7 Å². The Bertz CT molecular complexity index is 1470. The first-order valence-corrected chi connectivity index (χ1v) is 15.5. The number of hydrogen-bond acceptors (Lipinski definition) is 5. The van der Waals surface area contributed by atoms with Gasteiger partial charge in [-0.15, -0.1) is 11.8 Å². The van der Waals surface area contributed by atoms with Crippen molar-refractivity contribution in [1.82, 2.24) is 15.5 Å². The van der Waals surface area contributed by atoms with Crippen molar-refractivity contribution in [2.24, 2.45) is 0 Å².